The summed E-state index contributed by atoms with van der Waals surface area (Å²) in [5.74, 6) is -2.93. The molecule has 470 valence electrons. The first kappa shape index (κ1) is 61.7. The number of nitrogens with one attached hydrogen (secondary N) is 8. The first-order chi connectivity index (χ1) is 43.7. The molecule has 2 saturated heterocycles. The van der Waals surface area contributed by atoms with Crippen LogP contribution in [-0.2, 0) is 28.8 Å². The third-order valence-corrected chi connectivity index (χ3v) is 20.5. The summed E-state index contributed by atoms with van der Waals surface area (Å²) in [6.45, 7) is 3.59. The van der Waals surface area contributed by atoms with Crippen molar-refractivity contribution in [1.29, 1.82) is 0 Å². The number of fused-ring (bicyclic) bond motifs is 7. The zero-order valence-corrected chi connectivity index (χ0v) is 51.8. The summed E-state index contributed by atoms with van der Waals surface area (Å²) in [4.78, 5) is 119. The highest BCUT2D eigenvalue weighted by Gasteiger charge is 2.49. The molecule has 5 aliphatic carbocycles. The maximum Gasteiger partial charge on any atom is 0.251 e. The Balaban J connectivity index is 0.761. The number of amides is 8. The lowest BCUT2D eigenvalue weighted by molar-refractivity contribution is -0.143. The summed E-state index contributed by atoms with van der Waals surface area (Å²) >= 11 is 0. The van der Waals surface area contributed by atoms with Crippen molar-refractivity contribution in [2.24, 2.45) is 17.8 Å². The molecule has 5 aromatic carbocycles. The Bertz CT molecular complexity index is 3600. The lowest BCUT2D eigenvalue weighted by atomic mass is 9.83. The fraction of sp³-hybridized carbons (Fsp3) is 0.444. The van der Waals surface area contributed by atoms with Crippen molar-refractivity contribution >= 4 is 58.0 Å². The van der Waals surface area contributed by atoms with Gasteiger partial charge in [0.25, 0.3) is 11.8 Å². The standard InChI is InChI=1S/C72H84N10O8/c1-41(73-3)65(83)77-61(43-19-7-5-8-20-43)71(89)81-39-49(37-59(81)69(87)79-63-55-27-15-11-23-51(55)52-24-12-16-28-56(52)63)75-67(85)47-33-31-46-36-48(34-32-45(46)35-47)68(86)76-50-38-60(70(88)80-64-57-29-17-13-25-53(57)54-26-14-18-30-58(54)64)82(40-50)72(90)62(44-21-9-6-10-22-44)78-66(84)42(2)74-4/h11-18,23-36,41-44,49-51,55,59-64,73-74H,5-10,19-22,37-40H2,1-4H3,(H,75,85)(H,76,86)(H,77,83)(H,78,84)(H,79,87)(H,80,88)/t41-,42-,49-,50-,51?,55?,59-,60-,61-,62-,63?/m0/s1. The van der Waals surface area contributed by atoms with Crippen LogP contribution in [0.2, 0.25) is 0 Å². The summed E-state index contributed by atoms with van der Waals surface area (Å²) in [6, 6.07) is 27.7. The molecule has 5 aromatic rings. The summed E-state index contributed by atoms with van der Waals surface area (Å²) in [5, 5.41) is 26.5. The number of hydrogen-bond acceptors (Lipinski definition) is 10. The van der Waals surface area contributed by atoms with Crippen LogP contribution >= 0.6 is 0 Å². The minimum Gasteiger partial charge on any atom is -0.347 e. The van der Waals surface area contributed by atoms with Crippen molar-refractivity contribution in [1.82, 2.24) is 52.3 Å². The van der Waals surface area contributed by atoms with Gasteiger partial charge in [-0.1, -0.05) is 148 Å². The van der Waals surface area contributed by atoms with E-state index in [2.05, 4.69) is 60.8 Å². The van der Waals surface area contributed by atoms with Crippen LogP contribution in [0.15, 0.2) is 133 Å². The molecule has 0 aromatic heterocycles. The van der Waals surface area contributed by atoms with Gasteiger partial charge in [0.1, 0.15) is 24.2 Å². The lowest BCUT2D eigenvalue weighted by Crippen LogP contribution is -2.58. The molecule has 2 aliphatic heterocycles. The summed E-state index contributed by atoms with van der Waals surface area (Å²) in [6.07, 6.45) is 17.5. The third kappa shape index (κ3) is 12.6. The van der Waals surface area contributed by atoms with Crippen LogP contribution in [0.4, 0.5) is 0 Å². The van der Waals surface area contributed by atoms with Crippen molar-refractivity contribution in [3.8, 4) is 11.1 Å². The van der Waals surface area contributed by atoms with E-state index in [1.165, 1.54) is 0 Å². The summed E-state index contributed by atoms with van der Waals surface area (Å²) in [7, 11) is 3.39. The van der Waals surface area contributed by atoms with Crippen LogP contribution in [0.5, 0.6) is 0 Å². The Labute approximate surface area is 526 Å². The Kier molecular flexibility index (Phi) is 18.5. The van der Waals surface area contributed by atoms with E-state index in [0.717, 1.165) is 97.6 Å². The first-order valence-corrected chi connectivity index (χ1v) is 32.6. The molecule has 8 N–H and O–H groups in total. The van der Waals surface area contributed by atoms with E-state index >= 15 is 9.59 Å². The van der Waals surface area contributed by atoms with Crippen LogP contribution in [0.3, 0.4) is 0 Å². The maximum absolute atomic E-state index is 15.1. The number of allylic oxidation sites excluding steroid dienone is 3. The van der Waals surface area contributed by atoms with Crippen LogP contribution in [0, 0.1) is 17.8 Å². The first-order valence-electron chi connectivity index (χ1n) is 32.6. The second-order valence-corrected chi connectivity index (χ2v) is 26.0. The van der Waals surface area contributed by atoms with Gasteiger partial charge in [-0.25, -0.2) is 0 Å². The van der Waals surface area contributed by atoms with E-state index in [1.54, 1.807) is 74.1 Å². The molecule has 7 aliphatic rings. The predicted octanol–water partition coefficient (Wildman–Crippen LogP) is 7.17. The fourth-order valence-electron chi connectivity index (χ4n) is 15.3. The molecule has 90 heavy (non-hydrogen) atoms. The molecule has 18 nitrogen and oxygen atoms in total. The van der Waals surface area contributed by atoms with E-state index in [4.69, 9.17) is 0 Å². The van der Waals surface area contributed by atoms with Gasteiger partial charge in [0.2, 0.25) is 35.4 Å². The van der Waals surface area contributed by atoms with Crippen LogP contribution < -0.4 is 42.5 Å². The van der Waals surface area contributed by atoms with E-state index in [1.807, 2.05) is 78.9 Å². The van der Waals surface area contributed by atoms with Crippen molar-refractivity contribution in [2.75, 3.05) is 27.2 Å². The van der Waals surface area contributed by atoms with Gasteiger partial charge in [-0.3, -0.25) is 38.4 Å². The van der Waals surface area contributed by atoms with Crippen molar-refractivity contribution in [3.05, 3.63) is 167 Å². The largest absolute Gasteiger partial charge is 0.347 e. The second kappa shape index (κ2) is 26.9. The zero-order chi connectivity index (χ0) is 62.7. The Morgan fingerprint density at radius 3 is 1.39 bits per heavy atom. The molecule has 2 saturated carbocycles. The molecule has 11 atom stereocenters. The molecule has 0 spiro atoms. The SMILES string of the molecule is CN[C@@H](C)C(=O)N[C@H](C(=O)N1C[C@@H](NC(=O)c2ccc3cc(C(=O)N[C@H]4C[C@@H](C(=O)NC5c6ccccc6C6C=CC=CC65)N(C(=O)[C@@H](NC(=O)[C@H](C)NC)C5CCCCC5)C4)ccc3c2)C[C@H]1C(=O)NC1c2ccccc2-c2ccccc21)C1CCCCC1. The number of benzene rings is 5. The van der Waals surface area contributed by atoms with Gasteiger partial charge in [0, 0.05) is 48.1 Å². The normalized spacial score (nSPS) is 24.2. The Hall–Kier alpha value is -8.48. The van der Waals surface area contributed by atoms with Crippen LogP contribution in [0.25, 0.3) is 21.9 Å². The highest BCUT2D eigenvalue weighted by Crippen LogP contribution is 2.48. The highest BCUT2D eigenvalue weighted by atomic mass is 16.2. The topological polar surface area (TPSA) is 239 Å². The number of nitrogens with zero attached hydrogens (tertiary/aromatic N) is 2. The Morgan fingerprint density at radius 1 is 0.478 bits per heavy atom. The molecule has 8 amide bonds. The molecule has 4 fully saturated rings. The molecule has 0 bridgehead atoms. The number of likely N-dealkylation sites (tertiary alicyclic amines) is 2. The molecule has 3 unspecified atom stereocenters. The highest BCUT2D eigenvalue weighted by molar-refractivity contribution is 6.03. The zero-order valence-electron chi connectivity index (χ0n) is 51.8. The van der Waals surface area contributed by atoms with E-state index in [9.17, 15) is 28.8 Å². The van der Waals surface area contributed by atoms with Gasteiger partial charge < -0.3 is 52.3 Å². The average Bonchev–Trinajstić information content (AvgIpc) is 1.73. The number of likely N-dealkylation sites (N-methyl/N-ethyl adjacent to an activating group) is 2. The average molecular weight is 1220 g/mol. The maximum atomic E-state index is 15.1. The Morgan fingerprint density at radius 2 is 0.911 bits per heavy atom. The number of carbonyl (C=O) groups is 8. The van der Waals surface area contributed by atoms with E-state index in [0.29, 0.717) is 21.9 Å². The smallest absolute Gasteiger partial charge is 0.251 e. The van der Waals surface area contributed by atoms with Gasteiger partial charge in [0.05, 0.1) is 24.2 Å². The minimum absolute atomic E-state index is 0.0178. The molecule has 2 heterocycles. The number of rotatable bonds is 18. The molecule has 12 rings (SSSR count). The molecule has 18 heteroatoms. The van der Waals surface area contributed by atoms with Crippen LogP contribution in [0.1, 0.15) is 152 Å². The summed E-state index contributed by atoms with van der Waals surface area (Å²) in [5.41, 5.74) is 6.82. The second-order valence-electron chi connectivity index (χ2n) is 26.0. The van der Waals surface area contributed by atoms with E-state index < -0.39 is 66.2 Å². The van der Waals surface area contributed by atoms with Crippen molar-refractivity contribution in [3.63, 3.8) is 0 Å². The van der Waals surface area contributed by atoms with Crippen LogP contribution in [-0.4, -0.2) is 133 Å². The van der Waals surface area contributed by atoms with Crippen molar-refractivity contribution in [2.45, 2.75) is 157 Å². The molecular formula is C72H84N10O8. The predicted molar refractivity (Wildman–Crippen MR) is 344 cm³/mol. The quantitative estimate of drug-likeness (QED) is 0.0440. The monoisotopic (exact) mass is 1220 g/mol. The summed E-state index contributed by atoms with van der Waals surface area (Å²) < 4.78 is 0. The third-order valence-electron chi connectivity index (χ3n) is 20.5. The van der Waals surface area contributed by atoms with Gasteiger partial charge in [0.15, 0.2) is 0 Å². The number of carbonyl (C=O) groups excluding carboxylic acids is 8. The van der Waals surface area contributed by atoms with Gasteiger partial charge in [-0.15, -0.1) is 0 Å². The van der Waals surface area contributed by atoms with Crippen molar-refractivity contribution < 1.29 is 38.4 Å². The minimum atomic E-state index is -0.960. The van der Waals surface area contributed by atoms with Gasteiger partial charge in [-0.05, 0) is 147 Å². The molecule has 0 radical (unpaired) electrons. The van der Waals surface area contributed by atoms with Gasteiger partial charge >= 0.3 is 0 Å². The lowest BCUT2D eigenvalue weighted by Gasteiger charge is -2.35. The van der Waals surface area contributed by atoms with Gasteiger partial charge in [-0.2, -0.15) is 0 Å². The molecular weight excluding hydrogens is 1130 g/mol. The fourth-order valence-corrected chi connectivity index (χ4v) is 15.3. The number of hydrogen-bond donors (Lipinski definition) is 8. The van der Waals surface area contributed by atoms with E-state index in [-0.39, 0.29) is 91.1 Å².